The van der Waals surface area contributed by atoms with Crippen LogP contribution < -0.4 is 5.32 Å². The molecule has 90 valence electrons. The van der Waals surface area contributed by atoms with E-state index >= 15 is 0 Å². The third-order valence-electron chi connectivity index (χ3n) is 2.54. The van der Waals surface area contributed by atoms with Gasteiger partial charge in [0, 0.05) is 6.04 Å². The number of rotatable bonds is 4. The number of benzene rings is 1. The average molecular weight is 231 g/mol. The van der Waals surface area contributed by atoms with Gasteiger partial charge in [-0.2, -0.15) is 13.2 Å². The fourth-order valence-corrected chi connectivity index (χ4v) is 1.70. The minimum Gasteiger partial charge on any atom is -0.313 e. The molecule has 16 heavy (non-hydrogen) atoms. The maximum Gasteiger partial charge on any atom is 0.416 e. The molecular weight excluding hydrogens is 215 g/mol. The van der Waals surface area contributed by atoms with Crippen molar-refractivity contribution >= 4 is 0 Å². The van der Waals surface area contributed by atoms with Crippen molar-refractivity contribution in [2.75, 3.05) is 7.05 Å². The molecule has 0 bridgehead atoms. The lowest BCUT2D eigenvalue weighted by Crippen LogP contribution is -2.17. The van der Waals surface area contributed by atoms with Gasteiger partial charge in [0.05, 0.1) is 5.56 Å². The molecule has 4 heteroatoms. The summed E-state index contributed by atoms with van der Waals surface area (Å²) in [5.41, 5.74) is 0.112. The van der Waals surface area contributed by atoms with Crippen molar-refractivity contribution in [2.24, 2.45) is 0 Å². The highest BCUT2D eigenvalue weighted by Gasteiger charge is 2.30. The van der Waals surface area contributed by atoms with Crippen LogP contribution in [0.2, 0.25) is 0 Å². The minimum atomic E-state index is -4.26. The monoisotopic (exact) mass is 231 g/mol. The summed E-state index contributed by atoms with van der Waals surface area (Å²) in [5, 5.41) is 3.03. The first-order valence-electron chi connectivity index (χ1n) is 5.33. The summed E-state index contributed by atoms with van der Waals surface area (Å²) in [6.45, 7) is 2.01. The Hall–Kier alpha value is -1.03. The zero-order valence-corrected chi connectivity index (χ0v) is 9.43. The van der Waals surface area contributed by atoms with Gasteiger partial charge in [0.1, 0.15) is 0 Å². The van der Waals surface area contributed by atoms with Crippen LogP contribution in [-0.2, 0) is 6.18 Å². The highest BCUT2D eigenvalue weighted by Crippen LogP contribution is 2.31. The third-order valence-corrected chi connectivity index (χ3v) is 2.54. The molecule has 0 aliphatic heterocycles. The van der Waals surface area contributed by atoms with E-state index in [9.17, 15) is 13.2 Å². The molecule has 0 saturated carbocycles. The van der Waals surface area contributed by atoms with Gasteiger partial charge in [-0.15, -0.1) is 0 Å². The molecule has 0 spiro atoms. The molecule has 0 fully saturated rings. The van der Waals surface area contributed by atoms with Crippen LogP contribution in [0.15, 0.2) is 24.3 Å². The Kier molecular flexibility index (Phi) is 4.35. The summed E-state index contributed by atoms with van der Waals surface area (Å²) in [6.07, 6.45) is -2.50. The molecule has 1 atom stereocenters. The molecule has 1 unspecified atom stereocenters. The van der Waals surface area contributed by atoms with E-state index in [4.69, 9.17) is 0 Å². The molecule has 0 aliphatic rings. The van der Waals surface area contributed by atoms with Gasteiger partial charge in [-0.1, -0.05) is 25.5 Å². The lowest BCUT2D eigenvalue weighted by Gasteiger charge is -2.17. The van der Waals surface area contributed by atoms with Gasteiger partial charge < -0.3 is 5.32 Å². The summed E-state index contributed by atoms with van der Waals surface area (Å²) in [5.74, 6) is 0. The van der Waals surface area contributed by atoms with Gasteiger partial charge in [-0.25, -0.2) is 0 Å². The van der Waals surface area contributed by atoms with Crippen molar-refractivity contribution in [1.29, 1.82) is 0 Å². The first-order valence-corrected chi connectivity index (χ1v) is 5.33. The van der Waals surface area contributed by atoms with E-state index in [1.807, 2.05) is 6.92 Å². The molecule has 0 amide bonds. The van der Waals surface area contributed by atoms with Crippen LogP contribution in [0.4, 0.5) is 13.2 Å². The van der Waals surface area contributed by atoms with Gasteiger partial charge in [-0.05, 0) is 31.2 Å². The summed E-state index contributed by atoms with van der Waals surface area (Å²) < 4.78 is 37.5. The standard InChI is InChI=1S/C12H16F3N/c1-3-5-11(16-2)9-6-4-7-10(8-9)12(13,14)15/h4,6-8,11,16H,3,5H2,1-2H3. The predicted molar refractivity (Wildman–Crippen MR) is 58.2 cm³/mol. The Balaban J connectivity index is 2.97. The van der Waals surface area contributed by atoms with E-state index in [-0.39, 0.29) is 6.04 Å². The fraction of sp³-hybridized carbons (Fsp3) is 0.500. The lowest BCUT2D eigenvalue weighted by molar-refractivity contribution is -0.137. The van der Waals surface area contributed by atoms with Crippen LogP contribution in [0.5, 0.6) is 0 Å². The Morgan fingerprint density at radius 3 is 2.50 bits per heavy atom. The molecule has 1 N–H and O–H groups in total. The highest BCUT2D eigenvalue weighted by atomic mass is 19.4. The van der Waals surface area contributed by atoms with Gasteiger partial charge in [0.15, 0.2) is 0 Å². The van der Waals surface area contributed by atoms with Crippen LogP contribution in [-0.4, -0.2) is 7.05 Å². The quantitative estimate of drug-likeness (QED) is 0.831. The fourth-order valence-electron chi connectivity index (χ4n) is 1.70. The first kappa shape index (κ1) is 13.0. The van der Waals surface area contributed by atoms with Crippen molar-refractivity contribution in [3.8, 4) is 0 Å². The number of alkyl halides is 3. The van der Waals surface area contributed by atoms with Gasteiger partial charge in [0.2, 0.25) is 0 Å². The molecule has 0 aliphatic carbocycles. The van der Waals surface area contributed by atoms with Crippen molar-refractivity contribution < 1.29 is 13.2 Å². The topological polar surface area (TPSA) is 12.0 Å². The zero-order chi connectivity index (χ0) is 12.2. The molecule has 1 rings (SSSR count). The third kappa shape index (κ3) is 3.23. The molecule has 1 aromatic rings. The SMILES string of the molecule is CCCC(NC)c1cccc(C(F)(F)F)c1. The molecule has 1 aromatic carbocycles. The zero-order valence-electron chi connectivity index (χ0n) is 9.43. The van der Waals surface area contributed by atoms with E-state index in [0.29, 0.717) is 5.56 Å². The lowest BCUT2D eigenvalue weighted by atomic mass is 10.0. The molecule has 0 saturated heterocycles. The second-order valence-electron chi connectivity index (χ2n) is 3.75. The Labute approximate surface area is 93.7 Å². The van der Waals surface area contributed by atoms with E-state index < -0.39 is 11.7 Å². The van der Waals surface area contributed by atoms with Crippen molar-refractivity contribution in [1.82, 2.24) is 5.32 Å². The minimum absolute atomic E-state index is 0.00713. The molecule has 0 heterocycles. The first-order chi connectivity index (χ1) is 7.49. The molecule has 1 nitrogen and oxygen atoms in total. The Morgan fingerprint density at radius 2 is 2.00 bits per heavy atom. The van der Waals surface area contributed by atoms with Crippen molar-refractivity contribution in [3.05, 3.63) is 35.4 Å². The normalized spacial score (nSPS) is 13.8. The van der Waals surface area contributed by atoms with Crippen LogP contribution in [0.3, 0.4) is 0 Å². The summed E-state index contributed by atoms with van der Waals surface area (Å²) in [7, 11) is 1.76. The Bertz CT molecular complexity index is 333. The number of hydrogen-bond acceptors (Lipinski definition) is 1. The smallest absolute Gasteiger partial charge is 0.313 e. The second kappa shape index (κ2) is 5.34. The van der Waals surface area contributed by atoms with E-state index in [2.05, 4.69) is 5.32 Å². The van der Waals surface area contributed by atoms with Crippen LogP contribution in [0.1, 0.15) is 36.9 Å². The van der Waals surface area contributed by atoms with Crippen molar-refractivity contribution in [3.63, 3.8) is 0 Å². The summed E-state index contributed by atoms with van der Waals surface area (Å²) >= 11 is 0. The second-order valence-corrected chi connectivity index (χ2v) is 3.75. The van der Waals surface area contributed by atoms with E-state index in [1.165, 1.54) is 12.1 Å². The highest BCUT2D eigenvalue weighted by molar-refractivity contribution is 5.27. The maximum atomic E-state index is 12.5. The van der Waals surface area contributed by atoms with Gasteiger partial charge >= 0.3 is 6.18 Å². The van der Waals surface area contributed by atoms with Crippen LogP contribution in [0, 0.1) is 0 Å². The summed E-state index contributed by atoms with van der Waals surface area (Å²) in [6, 6.07) is 5.50. The van der Waals surface area contributed by atoms with E-state index in [1.54, 1.807) is 13.1 Å². The van der Waals surface area contributed by atoms with Gasteiger partial charge in [0.25, 0.3) is 0 Å². The predicted octanol–water partition coefficient (Wildman–Crippen LogP) is 3.77. The van der Waals surface area contributed by atoms with E-state index in [0.717, 1.165) is 18.9 Å². The van der Waals surface area contributed by atoms with Gasteiger partial charge in [-0.3, -0.25) is 0 Å². The van der Waals surface area contributed by atoms with Crippen molar-refractivity contribution in [2.45, 2.75) is 32.0 Å². The molecular formula is C12H16F3N. The van der Waals surface area contributed by atoms with Crippen LogP contribution >= 0.6 is 0 Å². The average Bonchev–Trinajstić information content (AvgIpc) is 2.25. The molecule has 0 aromatic heterocycles. The number of halogens is 3. The largest absolute Gasteiger partial charge is 0.416 e. The number of hydrogen-bond donors (Lipinski definition) is 1. The summed E-state index contributed by atoms with van der Waals surface area (Å²) in [4.78, 5) is 0. The Morgan fingerprint density at radius 1 is 1.31 bits per heavy atom. The maximum absolute atomic E-state index is 12.5. The number of nitrogens with one attached hydrogen (secondary N) is 1. The van der Waals surface area contributed by atoms with Crippen LogP contribution in [0.25, 0.3) is 0 Å². The molecule has 0 radical (unpaired) electrons.